The first-order chi connectivity index (χ1) is 6.09. The third-order valence-electron chi connectivity index (χ3n) is 2.53. The zero-order valence-corrected chi connectivity index (χ0v) is 7.79. The highest BCUT2D eigenvalue weighted by atomic mass is 16.1. The highest BCUT2D eigenvalue weighted by Crippen LogP contribution is 2.45. The van der Waals surface area contributed by atoms with Gasteiger partial charge in [-0.1, -0.05) is 13.8 Å². The van der Waals surface area contributed by atoms with Crippen molar-refractivity contribution < 1.29 is 0 Å². The predicted molar refractivity (Wildman–Crippen MR) is 50.7 cm³/mol. The van der Waals surface area contributed by atoms with Gasteiger partial charge in [0.2, 0.25) is 0 Å². The Morgan fingerprint density at radius 3 is 2.92 bits per heavy atom. The minimum absolute atomic E-state index is 0.148. The van der Waals surface area contributed by atoms with Crippen LogP contribution >= 0.6 is 0 Å². The lowest BCUT2D eigenvalue weighted by Crippen LogP contribution is -2.18. The van der Waals surface area contributed by atoms with Gasteiger partial charge in [-0.2, -0.15) is 0 Å². The molecule has 0 bridgehead atoms. The summed E-state index contributed by atoms with van der Waals surface area (Å²) in [4.78, 5) is 17.8. The first kappa shape index (κ1) is 8.29. The van der Waals surface area contributed by atoms with Crippen molar-refractivity contribution in [3.8, 4) is 0 Å². The van der Waals surface area contributed by atoms with Gasteiger partial charge in [0.05, 0.1) is 0 Å². The second kappa shape index (κ2) is 2.58. The van der Waals surface area contributed by atoms with E-state index in [1.54, 1.807) is 6.20 Å². The molecular weight excluding hydrogens is 166 g/mol. The zero-order chi connectivity index (χ0) is 9.47. The SMILES string of the molecule is CC1(C)CC1Nc1ncc[nH]c1=O. The maximum absolute atomic E-state index is 11.2. The molecular formula is C9H13N3O. The van der Waals surface area contributed by atoms with Crippen LogP contribution in [0, 0.1) is 5.41 Å². The van der Waals surface area contributed by atoms with Crippen LogP contribution in [0.25, 0.3) is 0 Å². The number of nitrogens with zero attached hydrogens (tertiary/aromatic N) is 1. The van der Waals surface area contributed by atoms with Gasteiger partial charge in [0, 0.05) is 18.4 Å². The summed E-state index contributed by atoms with van der Waals surface area (Å²) in [5, 5.41) is 3.12. The fourth-order valence-corrected chi connectivity index (χ4v) is 1.33. The first-order valence-corrected chi connectivity index (χ1v) is 4.40. The van der Waals surface area contributed by atoms with Crippen LogP contribution in [0.4, 0.5) is 5.82 Å². The molecule has 2 rings (SSSR count). The third kappa shape index (κ3) is 1.56. The number of aromatic nitrogens is 2. The summed E-state index contributed by atoms with van der Waals surface area (Å²) in [5.74, 6) is 0.429. The average Bonchev–Trinajstić information content (AvgIpc) is 2.64. The minimum Gasteiger partial charge on any atom is -0.362 e. The van der Waals surface area contributed by atoms with Gasteiger partial charge in [-0.05, 0) is 11.8 Å². The summed E-state index contributed by atoms with van der Waals surface area (Å²) >= 11 is 0. The predicted octanol–water partition coefficient (Wildman–Crippen LogP) is 0.980. The van der Waals surface area contributed by atoms with Gasteiger partial charge in [0.15, 0.2) is 5.82 Å². The Morgan fingerprint density at radius 1 is 1.69 bits per heavy atom. The smallest absolute Gasteiger partial charge is 0.290 e. The molecule has 1 aromatic heterocycles. The number of anilines is 1. The number of rotatable bonds is 2. The molecule has 1 fully saturated rings. The van der Waals surface area contributed by atoms with Crippen LogP contribution in [-0.2, 0) is 0 Å². The molecule has 0 aliphatic heterocycles. The summed E-state index contributed by atoms with van der Waals surface area (Å²) in [6, 6.07) is 0.392. The lowest BCUT2D eigenvalue weighted by Gasteiger charge is -2.05. The Morgan fingerprint density at radius 2 is 2.38 bits per heavy atom. The molecule has 1 unspecified atom stereocenters. The zero-order valence-electron chi connectivity index (χ0n) is 7.79. The van der Waals surface area contributed by atoms with Crippen molar-refractivity contribution in [2.45, 2.75) is 26.3 Å². The Hall–Kier alpha value is -1.32. The number of hydrogen-bond donors (Lipinski definition) is 2. The van der Waals surface area contributed by atoms with E-state index in [1.165, 1.54) is 6.20 Å². The quantitative estimate of drug-likeness (QED) is 0.711. The van der Waals surface area contributed by atoms with Crippen molar-refractivity contribution in [2.24, 2.45) is 5.41 Å². The average molecular weight is 179 g/mol. The summed E-state index contributed by atoms with van der Waals surface area (Å²) in [6.07, 6.45) is 4.22. The van der Waals surface area contributed by atoms with Crippen molar-refractivity contribution in [2.75, 3.05) is 5.32 Å². The van der Waals surface area contributed by atoms with Gasteiger partial charge >= 0.3 is 0 Å². The first-order valence-electron chi connectivity index (χ1n) is 4.40. The van der Waals surface area contributed by atoms with Crippen molar-refractivity contribution in [1.29, 1.82) is 0 Å². The minimum atomic E-state index is -0.148. The Kier molecular flexibility index (Phi) is 1.65. The second-order valence-electron chi connectivity index (χ2n) is 4.16. The van der Waals surface area contributed by atoms with Crippen LogP contribution in [0.1, 0.15) is 20.3 Å². The summed E-state index contributed by atoms with van der Waals surface area (Å²) in [5.41, 5.74) is 0.162. The standard InChI is InChI=1S/C9H13N3O/c1-9(2)5-6(9)12-7-8(13)11-4-3-10-7/h3-4,6H,5H2,1-2H3,(H,10,12)(H,11,13). The molecule has 1 atom stereocenters. The molecule has 0 aromatic carbocycles. The normalized spacial score (nSPS) is 24.0. The Balaban J connectivity index is 2.12. The monoisotopic (exact) mass is 179 g/mol. The van der Waals surface area contributed by atoms with Crippen LogP contribution in [0.2, 0.25) is 0 Å². The number of H-pyrrole nitrogens is 1. The van der Waals surface area contributed by atoms with Gasteiger partial charge in [0.1, 0.15) is 0 Å². The molecule has 1 aliphatic rings. The molecule has 1 aliphatic carbocycles. The molecule has 4 nitrogen and oxygen atoms in total. The van der Waals surface area contributed by atoms with E-state index >= 15 is 0 Å². The molecule has 0 radical (unpaired) electrons. The van der Waals surface area contributed by atoms with Gasteiger partial charge in [-0.3, -0.25) is 4.79 Å². The highest BCUT2D eigenvalue weighted by molar-refractivity contribution is 5.35. The fraction of sp³-hybridized carbons (Fsp3) is 0.556. The van der Waals surface area contributed by atoms with E-state index in [0.717, 1.165) is 6.42 Å². The van der Waals surface area contributed by atoms with Crippen molar-refractivity contribution in [3.63, 3.8) is 0 Å². The van der Waals surface area contributed by atoms with Gasteiger partial charge < -0.3 is 10.3 Å². The maximum Gasteiger partial charge on any atom is 0.290 e. The molecule has 0 amide bonds. The van der Waals surface area contributed by atoms with E-state index in [-0.39, 0.29) is 5.56 Å². The molecule has 13 heavy (non-hydrogen) atoms. The van der Waals surface area contributed by atoms with Gasteiger partial charge in [-0.15, -0.1) is 0 Å². The third-order valence-corrected chi connectivity index (χ3v) is 2.53. The molecule has 1 aromatic rings. The Bertz CT molecular complexity index is 369. The van der Waals surface area contributed by atoms with E-state index in [4.69, 9.17) is 0 Å². The highest BCUT2D eigenvalue weighted by Gasteiger charge is 2.46. The van der Waals surface area contributed by atoms with E-state index in [0.29, 0.717) is 17.3 Å². The van der Waals surface area contributed by atoms with E-state index in [1.807, 2.05) is 0 Å². The molecule has 4 heteroatoms. The van der Waals surface area contributed by atoms with E-state index in [2.05, 4.69) is 29.1 Å². The molecule has 0 saturated heterocycles. The van der Waals surface area contributed by atoms with Crippen molar-refractivity contribution in [3.05, 3.63) is 22.7 Å². The van der Waals surface area contributed by atoms with Crippen LogP contribution < -0.4 is 10.9 Å². The topological polar surface area (TPSA) is 57.8 Å². The lowest BCUT2D eigenvalue weighted by atomic mass is 10.2. The van der Waals surface area contributed by atoms with Gasteiger partial charge in [0.25, 0.3) is 5.56 Å². The van der Waals surface area contributed by atoms with Crippen molar-refractivity contribution >= 4 is 5.82 Å². The molecule has 1 saturated carbocycles. The number of aromatic amines is 1. The summed E-state index contributed by atoms with van der Waals surface area (Å²) in [6.45, 7) is 4.34. The molecule has 1 heterocycles. The van der Waals surface area contributed by atoms with E-state index < -0.39 is 0 Å². The van der Waals surface area contributed by atoms with Crippen LogP contribution in [0.3, 0.4) is 0 Å². The fourth-order valence-electron chi connectivity index (χ4n) is 1.33. The van der Waals surface area contributed by atoms with Crippen LogP contribution in [0.5, 0.6) is 0 Å². The summed E-state index contributed by atoms with van der Waals surface area (Å²) < 4.78 is 0. The van der Waals surface area contributed by atoms with Crippen LogP contribution in [0.15, 0.2) is 17.2 Å². The lowest BCUT2D eigenvalue weighted by molar-refractivity contribution is 0.629. The molecule has 2 N–H and O–H groups in total. The molecule has 70 valence electrons. The molecule has 0 spiro atoms. The number of hydrogen-bond acceptors (Lipinski definition) is 3. The number of nitrogens with one attached hydrogen (secondary N) is 2. The second-order valence-corrected chi connectivity index (χ2v) is 4.16. The van der Waals surface area contributed by atoms with Gasteiger partial charge in [-0.25, -0.2) is 4.98 Å². The Labute approximate surface area is 76.4 Å². The summed E-state index contributed by atoms with van der Waals surface area (Å²) in [7, 11) is 0. The van der Waals surface area contributed by atoms with Crippen LogP contribution in [-0.4, -0.2) is 16.0 Å². The largest absolute Gasteiger partial charge is 0.362 e. The van der Waals surface area contributed by atoms with Crippen molar-refractivity contribution in [1.82, 2.24) is 9.97 Å². The maximum atomic E-state index is 11.2. The van der Waals surface area contributed by atoms with E-state index in [9.17, 15) is 4.79 Å².